The van der Waals surface area contributed by atoms with E-state index in [-0.39, 0.29) is 17.5 Å². The number of furan rings is 1. The second-order valence-corrected chi connectivity index (χ2v) is 7.93. The van der Waals surface area contributed by atoms with E-state index in [9.17, 15) is 9.59 Å². The Morgan fingerprint density at radius 3 is 2.64 bits per heavy atom. The van der Waals surface area contributed by atoms with Crippen LogP contribution in [0.15, 0.2) is 21.3 Å². The number of nitrogens with one attached hydrogen (secondary N) is 2. The van der Waals surface area contributed by atoms with Gasteiger partial charge in [-0.1, -0.05) is 27.7 Å². The van der Waals surface area contributed by atoms with Gasteiger partial charge < -0.3 is 14.7 Å². The van der Waals surface area contributed by atoms with E-state index in [2.05, 4.69) is 22.2 Å². The second-order valence-electron chi connectivity index (χ2n) is 7.93. The molecule has 134 valence electrons. The van der Waals surface area contributed by atoms with Gasteiger partial charge in [0.25, 0.3) is 11.5 Å². The van der Waals surface area contributed by atoms with Crippen molar-refractivity contribution in [2.45, 2.75) is 58.9 Å². The molecule has 1 aliphatic rings. The first-order chi connectivity index (χ1) is 11.7. The molecule has 2 atom stereocenters. The van der Waals surface area contributed by atoms with Crippen LogP contribution in [0.1, 0.15) is 73.4 Å². The summed E-state index contributed by atoms with van der Waals surface area (Å²) in [6.45, 7) is 10.00. The van der Waals surface area contributed by atoms with Gasteiger partial charge in [-0.15, -0.1) is 0 Å². The zero-order chi connectivity index (χ0) is 18.4. The Kier molecular flexibility index (Phi) is 4.31. The van der Waals surface area contributed by atoms with Crippen molar-refractivity contribution >= 4 is 5.91 Å². The van der Waals surface area contributed by atoms with Gasteiger partial charge in [-0.05, 0) is 31.4 Å². The van der Waals surface area contributed by atoms with Crippen molar-refractivity contribution in [1.82, 2.24) is 15.3 Å². The molecule has 2 N–H and O–H groups in total. The van der Waals surface area contributed by atoms with Gasteiger partial charge in [0.05, 0.1) is 12.2 Å². The average Bonchev–Trinajstić information content (AvgIpc) is 3.06. The van der Waals surface area contributed by atoms with Crippen LogP contribution < -0.4 is 10.9 Å². The number of hydrogen-bond donors (Lipinski definition) is 2. The summed E-state index contributed by atoms with van der Waals surface area (Å²) in [6, 6.07) is 3.84. The SMILES string of the molecule is Cc1nc(C(C)(C)C)[nH]c(=O)c1C(=O)NCc1ccc([C@H]2C[C@@H]2C)o1. The normalized spacial score (nSPS) is 19.7. The standard InChI is InChI=1S/C19H25N3O3/c1-10-8-13(10)14-7-6-12(25-14)9-20-16(23)15-11(2)21-18(19(3,4)5)22-17(15)24/h6-7,10,13H,8-9H2,1-5H3,(H,20,23)(H,21,22,24)/t10-,13-/m0/s1. The number of aromatic amines is 1. The highest BCUT2D eigenvalue weighted by atomic mass is 16.3. The van der Waals surface area contributed by atoms with E-state index in [0.29, 0.717) is 29.1 Å². The van der Waals surface area contributed by atoms with Gasteiger partial charge in [0.1, 0.15) is 22.9 Å². The molecule has 2 heterocycles. The Hall–Kier alpha value is -2.37. The van der Waals surface area contributed by atoms with E-state index < -0.39 is 11.5 Å². The minimum absolute atomic E-state index is 0.0515. The van der Waals surface area contributed by atoms with Gasteiger partial charge in [-0.2, -0.15) is 0 Å². The number of nitrogens with zero attached hydrogens (tertiary/aromatic N) is 1. The van der Waals surface area contributed by atoms with Crippen LogP contribution in [-0.2, 0) is 12.0 Å². The van der Waals surface area contributed by atoms with Crippen LogP contribution in [-0.4, -0.2) is 15.9 Å². The fourth-order valence-corrected chi connectivity index (χ4v) is 2.87. The summed E-state index contributed by atoms with van der Waals surface area (Å²) >= 11 is 0. The number of aromatic nitrogens is 2. The molecule has 0 bridgehead atoms. The lowest BCUT2D eigenvalue weighted by Crippen LogP contribution is -2.33. The van der Waals surface area contributed by atoms with E-state index in [0.717, 1.165) is 12.2 Å². The summed E-state index contributed by atoms with van der Waals surface area (Å²) in [5.74, 6) is 2.97. The third-order valence-corrected chi connectivity index (χ3v) is 4.62. The number of amides is 1. The van der Waals surface area contributed by atoms with Crippen molar-refractivity contribution < 1.29 is 9.21 Å². The largest absolute Gasteiger partial charge is 0.464 e. The first kappa shape index (κ1) is 17.5. The monoisotopic (exact) mass is 343 g/mol. The summed E-state index contributed by atoms with van der Waals surface area (Å²) in [5.41, 5.74) is -0.223. The van der Waals surface area contributed by atoms with Crippen LogP contribution in [0, 0.1) is 12.8 Å². The quantitative estimate of drug-likeness (QED) is 0.893. The Labute approximate surface area is 147 Å². The molecule has 0 aliphatic heterocycles. The Balaban J connectivity index is 1.71. The zero-order valence-electron chi connectivity index (χ0n) is 15.4. The number of carbonyl (C=O) groups excluding carboxylic acids is 1. The minimum Gasteiger partial charge on any atom is -0.464 e. The molecule has 1 fully saturated rings. The van der Waals surface area contributed by atoms with E-state index in [1.807, 2.05) is 32.9 Å². The Morgan fingerprint density at radius 2 is 2.08 bits per heavy atom. The molecule has 1 amide bonds. The van der Waals surface area contributed by atoms with Crippen LogP contribution in [0.4, 0.5) is 0 Å². The van der Waals surface area contributed by atoms with Crippen molar-refractivity contribution in [3.63, 3.8) is 0 Å². The van der Waals surface area contributed by atoms with Gasteiger partial charge in [-0.25, -0.2) is 4.98 Å². The zero-order valence-corrected chi connectivity index (χ0v) is 15.4. The van der Waals surface area contributed by atoms with E-state index >= 15 is 0 Å². The fraction of sp³-hybridized carbons (Fsp3) is 0.526. The van der Waals surface area contributed by atoms with Crippen molar-refractivity contribution in [1.29, 1.82) is 0 Å². The molecule has 6 nitrogen and oxygen atoms in total. The average molecular weight is 343 g/mol. The molecule has 0 saturated heterocycles. The predicted octanol–water partition coefficient (Wildman–Crippen LogP) is 3.02. The summed E-state index contributed by atoms with van der Waals surface area (Å²) < 4.78 is 5.77. The first-order valence-electron chi connectivity index (χ1n) is 8.65. The number of carbonyl (C=O) groups is 1. The molecule has 3 rings (SSSR count). The van der Waals surface area contributed by atoms with E-state index in [4.69, 9.17) is 4.42 Å². The lowest BCUT2D eigenvalue weighted by molar-refractivity contribution is 0.0945. The van der Waals surface area contributed by atoms with Crippen molar-refractivity contribution in [2.75, 3.05) is 0 Å². The molecule has 6 heteroatoms. The molecule has 0 unspecified atom stereocenters. The minimum atomic E-state index is -0.440. The molecular formula is C19H25N3O3. The van der Waals surface area contributed by atoms with Gasteiger partial charge in [0.2, 0.25) is 0 Å². The maximum atomic E-state index is 12.4. The van der Waals surface area contributed by atoms with E-state index in [1.54, 1.807) is 6.92 Å². The van der Waals surface area contributed by atoms with Gasteiger partial charge in [-0.3, -0.25) is 9.59 Å². The van der Waals surface area contributed by atoms with Gasteiger partial charge in [0.15, 0.2) is 0 Å². The smallest absolute Gasteiger partial charge is 0.264 e. The van der Waals surface area contributed by atoms with Crippen molar-refractivity contribution in [3.05, 3.63) is 51.1 Å². The molecule has 1 aliphatic carbocycles. The van der Waals surface area contributed by atoms with Crippen molar-refractivity contribution in [3.8, 4) is 0 Å². The molecule has 2 aromatic rings. The van der Waals surface area contributed by atoms with Crippen LogP contribution in [0.25, 0.3) is 0 Å². The highest BCUT2D eigenvalue weighted by Crippen LogP contribution is 2.47. The van der Waals surface area contributed by atoms with Crippen LogP contribution >= 0.6 is 0 Å². The maximum absolute atomic E-state index is 12.4. The summed E-state index contributed by atoms with van der Waals surface area (Å²) in [5, 5.41) is 2.75. The van der Waals surface area contributed by atoms with Gasteiger partial charge >= 0.3 is 0 Å². The highest BCUT2D eigenvalue weighted by Gasteiger charge is 2.36. The van der Waals surface area contributed by atoms with Crippen molar-refractivity contribution in [2.24, 2.45) is 5.92 Å². The number of aryl methyl sites for hydroxylation is 1. The lowest BCUT2D eigenvalue weighted by atomic mass is 9.95. The van der Waals surface area contributed by atoms with Crippen LogP contribution in [0.2, 0.25) is 0 Å². The lowest BCUT2D eigenvalue weighted by Gasteiger charge is -2.18. The maximum Gasteiger partial charge on any atom is 0.264 e. The molecular weight excluding hydrogens is 318 g/mol. The van der Waals surface area contributed by atoms with Crippen LogP contribution in [0.3, 0.4) is 0 Å². The number of rotatable bonds is 4. The van der Waals surface area contributed by atoms with Crippen LogP contribution in [0.5, 0.6) is 0 Å². The molecule has 1 saturated carbocycles. The predicted molar refractivity (Wildman–Crippen MR) is 94.7 cm³/mol. The number of H-pyrrole nitrogens is 1. The summed E-state index contributed by atoms with van der Waals surface area (Å²) in [4.78, 5) is 31.8. The van der Waals surface area contributed by atoms with E-state index in [1.165, 1.54) is 0 Å². The third kappa shape index (κ3) is 3.67. The van der Waals surface area contributed by atoms with Gasteiger partial charge in [0, 0.05) is 11.3 Å². The Morgan fingerprint density at radius 1 is 1.40 bits per heavy atom. The summed E-state index contributed by atoms with van der Waals surface area (Å²) in [6.07, 6.45) is 1.15. The molecule has 25 heavy (non-hydrogen) atoms. The molecule has 0 aromatic carbocycles. The second kappa shape index (κ2) is 6.17. The molecule has 2 aromatic heterocycles. The summed E-state index contributed by atoms with van der Waals surface area (Å²) in [7, 11) is 0. The topological polar surface area (TPSA) is 88.0 Å². The first-order valence-corrected chi connectivity index (χ1v) is 8.65. The third-order valence-electron chi connectivity index (χ3n) is 4.62. The fourth-order valence-electron chi connectivity index (χ4n) is 2.87. The highest BCUT2D eigenvalue weighted by molar-refractivity contribution is 5.94. The number of hydrogen-bond acceptors (Lipinski definition) is 4. The molecule has 0 radical (unpaired) electrons. The Bertz CT molecular complexity index is 858. The molecule has 0 spiro atoms.